The number of aliphatic hydroxyl groups excluding tert-OH is 1. The highest BCUT2D eigenvalue weighted by atomic mass is 19.1. The lowest BCUT2D eigenvalue weighted by atomic mass is 10.1. The molecule has 0 bridgehead atoms. The number of halogens is 2. The van der Waals surface area contributed by atoms with Crippen LogP contribution in [-0.4, -0.2) is 19.9 Å². The maximum absolute atomic E-state index is 13.8. The summed E-state index contributed by atoms with van der Waals surface area (Å²) in [6, 6.07) is 11.8. The summed E-state index contributed by atoms with van der Waals surface area (Å²) >= 11 is 0. The summed E-state index contributed by atoms with van der Waals surface area (Å²) in [6.45, 7) is 1.62. The minimum Gasteiger partial charge on any atom is -0.386 e. The van der Waals surface area contributed by atoms with Gasteiger partial charge in [0.05, 0.1) is 18.2 Å². The van der Waals surface area contributed by atoms with Crippen LogP contribution in [0.15, 0.2) is 42.5 Å². The van der Waals surface area contributed by atoms with Gasteiger partial charge in [-0.2, -0.15) is 10.4 Å². The van der Waals surface area contributed by atoms with Crippen molar-refractivity contribution in [3.05, 3.63) is 71.1 Å². The fourth-order valence-corrected chi connectivity index (χ4v) is 2.48. The summed E-state index contributed by atoms with van der Waals surface area (Å²) in [6.07, 6.45) is -1.27. The molecule has 0 aliphatic heterocycles. The highest BCUT2D eigenvalue weighted by Crippen LogP contribution is 2.22. The maximum atomic E-state index is 13.8. The van der Waals surface area contributed by atoms with Gasteiger partial charge in [0, 0.05) is 11.1 Å². The molecule has 7 heteroatoms. The average molecular weight is 340 g/mol. The minimum atomic E-state index is -1.27. The number of hydrogen-bond donors (Lipinski definition) is 1. The Morgan fingerprint density at radius 1 is 1.24 bits per heavy atom. The number of aliphatic hydroxyl groups is 1. The van der Waals surface area contributed by atoms with Crippen LogP contribution < -0.4 is 0 Å². The number of benzene rings is 2. The Morgan fingerprint density at radius 3 is 2.80 bits per heavy atom. The Hall–Kier alpha value is -3.11. The van der Waals surface area contributed by atoms with Gasteiger partial charge in [-0.15, -0.1) is 0 Å². The molecule has 1 N–H and O–H groups in total. The first kappa shape index (κ1) is 16.7. The van der Waals surface area contributed by atoms with E-state index in [1.54, 1.807) is 31.2 Å². The first-order valence-electron chi connectivity index (χ1n) is 7.53. The van der Waals surface area contributed by atoms with Crippen molar-refractivity contribution in [1.82, 2.24) is 14.8 Å². The molecule has 0 aliphatic rings. The van der Waals surface area contributed by atoms with Crippen LogP contribution in [0.4, 0.5) is 8.78 Å². The number of nitriles is 1. The molecule has 3 rings (SSSR count). The van der Waals surface area contributed by atoms with Gasteiger partial charge < -0.3 is 5.11 Å². The second kappa shape index (κ2) is 6.79. The van der Waals surface area contributed by atoms with Gasteiger partial charge in [-0.05, 0) is 37.3 Å². The molecule has 0 saturated carbocycles. The van der Waals surface area contributed by atoms with E-state index in [0.29, 0.717) is 22.8 Å². The molecule has 0 spiro atoms. The highest BCUT2D eigenvalue weighted by molar-refractivity contribution is 5.57. The third-order valence-electron chi connectivity index (χ3n) is 3.77. The number of hydrogen-bond acceptors (Lipinski definition) is 4. The standard InChI is InChI=1S/C18H14F2N4O/c1-11-22-18(13-4-2-3-12(7-13)9-21)23-24(11)10-17(25)15-8-14(19)5-6-16(15)20/h2-8,17,25H,10H2,1H3. The summed E-state index contributed by atoms with van der Waals surface area (Å²) in [7, 11) is 0. The molecular formula is C18H14F2N4O. The van der Waals surface area contributed by atoms with Crippen LogP contribution in [0, 0.1) is 29.9 Å². The molecule has 126 valence electrons. The summed E-state index contributed by atoms with van der Waals surface area (Å²) in [4.78, 5) is 4.31. The van der Waals surface area contributed by atoms with E-state index in [0.717, 1.165) is 18.2 Å². The van der Waals surface area contributed by atoms with Crippen molar-refractivity contribution in [3.8, 4) is 17.5 Å². The predicted molar refractivity (Wildman–Crippen MR) is 86.2 cm³/mol. The van der Waals surface area contributed by atoms with Crippen LogP contribution in [-0.2, 0) is 6.54 Å². The van der Waals surface area contributed by atoms with Crippen LogP contribution in [0.1, 0.15) is 23.1 Å². The second-order valence-corrected chi connectivity index (χ2v) is 5.54. The van der Waals surface area contributed by atoms with Gasteiger partial charge in [0.25, 0.3) is 0 Å². The molecule has 0 saturated heterocycles. The normalized spacial score (nSPS) is 12.0. The van der Waals surface area contributed by atoms with Crippen molar-refractivity contribution in [2.45, 2.75) is 19.6 Å². The quantitative estimate of drug-likeness (QED) is 0.792. The zero-order chi connectivity index (χ0) is 18.0. The van der Waals surface area contributed by atoms with E-state index in [-0.39, 0.29) is 12.1 Å². The Morgan fingerprint density at radius 2 is 2.04 bits per heavy atom. The number of aryl methyl sites for hydroxylation is 1. The SMILES string of the molecule is Cc1nc(-c2cccc(C#N)c2)nn1CC(O)c1cc(F)ccc1F. The third-order valence-corrected chi connectivity index (χ3v) is 3.77. The lowest BCUT2D eigenvalue weighted by molar-refractivity contribution is 0.145. The summed E-state index contributed by atoms with van der Waals surface area (Å²) < 4.78 is 28.5. The lowest BCUT2D eigenvalue weighted by Gasteiger charge is -2.12. The largest absolute Gasteiger partial charge is 0.386 e. The van der Waals surface area contributed by atoms with Gasteiger partial charge in [-0.3, -0.25) is 0 Å². The maximum Gasteiger partial charge on any atom is 0.181 e. The minimum absolute atomic E-state index is 0.0723. The average Bonchev–Trinajstić information content (AvgIpc) is 2.97. The first-order valence-corrected chi connectivity index (χ1v) is 7.53. The molecule has 25 heavy (non-hydrogen) atoms. The van der Waals surface area contributed by atoms with Crippen LogP contribution >= 0.6 is 0 Å². The summed E-state index contributed by atoms with van der Waals surface area (Å²) in [5.74, 6) is -0.414. The Bertz CT molecular complexity index is 962. The molecule has 0 amide bonds. The monoisotopic (exact) mass is 340 g/mol. The van der Waals surface area contributed by atoms with Crippen molar-refractivity contribution in [1.29, 1.82) is 5.26 Å². The van der Waals surface area contributed by atoms with E-state index in [2.05, 4.69) is 10.1 Å². The number of aromatic nitrogens is 3. The van der Waals surface area contributed by atoms with E-state index in [9.17, 15) is 13.9 Å². The molecule has 0 fully saturated rings. The molecule has 1 heterocycles. The zero-order valence-corrected chi connectivity index (χ0v) is 13.3. The van der Waals surface area contributed by atoms with Crippen molar-refractivity contribution in [2.75, 3.05) is 0 Å². The Labute approximate surface area is 142 Å². The molecule has 2 aromatic carbocycles. The van der Waals surface area contributed by atoms with E-state index >= 15 is 0 Å². The van der Waals surface area contributed by atoms with E-state index in [1.807, 2.05) is 6.07 Å². The number of rotatable bonds is 4. The Balaban J connectivity index is 1.88. The highest BCUT2D eigenvalue weighted by Gasteiger charge is 2.17. The number of nitrogens with zero attached hydrogens (tertiary/aromatic N) is 4. The predicted octanol–water partition coefficient (Wildman–Crippen LogP) is 3.14. The smallest absolute Gasteiger partial charge is 0.181 e. The fraction of sp³-hybridized carbons (Fsp3) is 0.167. The Kier molecular flexibility index (Phi) is 4.55. The van der Waals surface area contributed by atoms with Gasteiger partial charge in [0.2, 0.25) is 0 Å². The van der Waals surface area contributed by atoms with E-state index in [1.165, 1.54) is 4.68 Å². The molecule has 5 nitrogen and oxygen atoms in total. The van der Waals surface area contributed by atoms with Crippen LogP contribution in [0.2, 0.25) is 0 Å². The van der Waals surface area contributed by atoms with Gasteiger partial charge in [-0.25, -0.2) is 18.4 Å². The molecule has 1 aromatic heterocycles. The van der Waals surface area contributed by atoms with Crippen LogP contribution in [0.5, 0.6) is 0 Å². The summed E-state index contributed by atoms with van der Waals surface area (Å²) in [5.41, 5.74) is 1.00. The van der Waals surface area contributed by atoms with Gasteiger partial charge in [0.1, 0.15) is 23.6 Å². The van der Waals surface area contributed by atoms with Gasteiger partial charge in [-0.1, -0.05) is 12.1 Å². The van der Waals surface area contributed by atoms with E-state index in [4.69, 9.17) is 5.26 Å². The zero-order valence-electron chi connectivity index (χ0n) is 13.3. The second-order valence-electron chi connectivity index (χ2n) is 5.54. The van der Waals surface area contributed by atoms with E-state index < -0.39 is 17.7 Å². The molecule has 3 aromatic rings. The first-order chi connectivity index (χ1) is 12.0. The van der Waals surface area contributed by atoms with Gasteiger partial charge >= 0.3 is 0 Å². The molecule has 0 aliphatic carbocycles. The van der Waals surface area contributed by atoms with Gasteiger partial charge in [0.15, 0.2) is 5.82 Å². The molecular weight excluding hydrogens is 326 g/mol. The summed E-state index contributed by atoms with van der Waals surface area (Å²) in [5, 5.41) is 23.5. The van der Waals surface area contributed by atoms with Crippen LogP contribution in [0.25, 0.3) is 11.4 Å². The molecule has 1 atom stereocenters. The topological polar surface area (TPSA) is 74.7 Å². The third kappa shape index (κ3) is 3.54. The van der Waals surface area contributed by atoms with Crippen molar-refractivity contribution < 1.29 is 13.9 Å². The van der Waals surface area contributed by atoms with Crippen LogP contribution in [0.3, 0.4) is 0 Å². The van der Waals surface area contributed by atoms with Crippen molar-refractivity contribution >= 4 is 0 Å². The fourth-order valence-electron chi connectivity index (χ4n) is 2.48. The molecule has 0 radical (unpaired) electrons. The van der Waals surface area contributed by atoms with Crippen molar-refractivity contribution in [2.24, 2.45) is 0 Å². The lowest BCUT2D eigenvalue weighted by Crippen LogP contribution is -2.13. The van der Waals surface area contributed by atoms with Crippen molar-refractivity contribution in [3.63, 3.8) is 0 Å². The molecule has 1 unspecified atom stereocenters.